The van der Waals surface area contributed by atoms with Crippen LogP contribution in [-0.4, -0.2) is 48.2 Å². The number of nitriles is 1. The maximum absolute atomic E-state index is 9.95. The van der Waals surface area contributed by atoms with Crippen molar-refractivity contribution in [2.24, 2.45) is 5.73 Å². The first-order valence-electron chi connectivity index (χ1n) is 10.0. The number of benzene rings is 2. The van der Waals surface area contributed by atoms with Gasteiger partial charge in [-0.05, 0) is 34.9 Å². The van der Waals surface area contributed by atoms with Crippen molar-refractivity contribution in [3.63, 3.8) is 0 Å². The second-order valence-corrected chi connectivity index (χ2v) is 8.26. The molecule has 1 fully saturated rings. The summed E-state index contributed by atoms with van der Waals surface area (Å²) in [5.41, 5.74) is 8.93. The van der Waals surface area contributed by atoms with Crippen LogP contribution in [0.2, 0.25) is 0 Å². The molecule has 0 radical (unpaired) electrons. The number of aliphatic hydroxyl groups excluding tert-OH is 1. The summed E-state index contributed by atoms with van der Waals surface area (Å²) in [6.07, 6.45) is 1.06. The third-order valence-corrected chi connectivity index (χ3v) is 6.14. The van der Waals surface area contributed by atoms with Gasteiger partial charge in [-0.25, -0.2) is 0 Å². The molecule has 1 aliphatic rings. The highest BCUT2D eigenvalue weighted by molar-refractivity contribution is 7.99. The van der Waals surface area contributed by atoms with Crippen molar-refractivity contribution in [2.75, 3.05) is 37.7 Å². The highest BCUT2D eigenvalue weighted by Crippen LogP contribution is 2.37. The molecule has 1 saturated heterocycles. The Bertz CT molecular complexity index is 1080. The van der Waals surface area contributed by atoms with Crippen LogP contribution in [0.15, 0.2) is 64.5 Å². The molecule has 0 amide bonds. The van der Waals surface area contributed by atoms with Crippen LogP contribution in [0.4, 0.5) is 5.82 Å². The van der Waals surface area contributed by atoms with E-state index in [-0.39, 0.29) is 6.54 Å². The average molecular weight is 434 g/mol. The zero-order valence-corrected chi connectivity index (χ0v) is 17.8. The average Bonchev–Trinajstić information content (AvgIpc) is 2.84. The monoisotopic (exact) mass is 433 g/mol. The molecule has 2 heterocycles. The molecule has 3 aromatic rings. The lowest BCUT2D eigenvalue weighted by atomic mass is 10.0. The van der Waals surface area contributed by atoms with Crippen molar-refractivity contribution in [2.45, 2.75) is 15.9 Å². The predicted molar refractivity (Wildman–Crippen MR) is 120 cm³/mol. The minimum absolute atomic E-state index is 0.178. The molecular formula is C23H23N5O2S. The van der Waals surface area contributed by atoms with Crippen LogP contribution in [0.25, 0.3) is 11.1 Å². The summed E-state index contributed by atoms with van der Waals surface area (Å²) in [7, 11) is 0. The summed E-state index contributed by atoms with van der Waals surface area (Å²) < 4.78 is 5.42. The van der Waals surface area contributed by atoms with Gasteiger partial charge in [0.05, 0.1) is 37.1 Å². The van der Waals surface area contributed by atoms with Gasteiger partial charge in [0, 0.05) is 29.4 Å². The van der Waals surface area contributed by atoms with Crippen LogP contribution in [-0.2, 0) is 4.74 Å². The number of aliphatic hydroxyl groups is 1. The zero-order valence-electron chi connectivity index (χ0n) is 16.9. The first kappa shape index (κ1) is 21.3. The standard InChI is InChI=1S/C23H23N5O2S/c24-13-16-1-6-20(17-2-4-18(5-3-17)21(29)14-25)22(11-16)31-19-12-23(27-26-15-19)28-7-9-30-10-8-28/h1-6,11-12,15,21,29H,7-10,14,25H2. The van der Waals surface area contributed by atoms with Crippen molar-refractivity contribution >= 4 is 17.6 Å². The molecule has 1 aliphatic heterocycles. The van der Waals surface area contributed by atoms with Gasteiger partial charge in [-0.15, -0.1) is 5.10 Å². The molecule has 31 heavy (non-hydrogen) atoms. The van der Waals surface area contributed by atoms with Gasteiger partial charge >= 0.3 is 0 Å². The van der Waals surface area contributed by atoms with E-state index in [4.69, 9.17) is 10.5 Å². The number of rotatable bonds is 6. The van der Waals surface area contributed by atoms with Gasteiger partial charge in [0.1, 0.15) is 0 Å². The van der Waals surface area contributed by atoms with Gasteiger partial charge in [-0.2, -0.15) is 10.4 Å². The smallest absolute Gasteiger partial charge is 0.152 e. The van der Waals surface area contributed by atoms with Crippen molar-refractivity contribution in [3.8, 4) is 17.2 Å². The summed E-state index contributed by atoms with van der Waals surface area (Å²) in [5, 5.41) is 27.8. The Labute approximate surface area is 185 Å². The highest BCUT2D eigenvalue weighted by atomic mass is 32.2. The van der Waals surface area contributed by atoms with Crippen LogP contribution in [0.3, 0.4) is 0 Å². The number of morpholine rings is 1. The number of hydrogen-bond donors (Lipinski definition) is 2. The van der Waals surface area contributed by atoms with E-state index in [1.807, 2.05) is 48.5 Å². The van der Waals surface area contributed by atoms with Crippen LogP contribution in [0.5, 0.6) is 0 Å². The number of nitrogens with zero attached hydrogens (tertiary/aromatic N) is 4. The van der Waals surface area contributed by atoms with E-state index < -0.39 is 6.10 Å². The number of anilines is 1. The lowest BCUT2D eigenvalue weighted by molar-refractivity contribution is 0.122. The van der Waals surface area contributed by atoms with Crippen molar-refractivity contribution in [3.05, 3.63) is 65.9 Å². The van der Waals surface area contributed by atoms with Crippen LogP contribution < -0.4 is 10.6 Å². The molecule has 158 valence electrons. The second kappa shape index (κ2) is 9.90. The first-order valence-corrected chi connectivity index (χ1v) is 10.9. The Kier molecular flexibility index (Phi) is 6.79. The second-order valence-electron chi connectivity index (χ2n) is 7.15. The fraction of sp³-hybridized carbons (Fsp3) is 0.261. The summed E-state index contributed by atoms with van der Waals surface area (Å²) >= 11 is 1.55. The van der Waals surface area contributed by atoms with Crippen LogP contribution >= 0.6 is 11.8 Å². The maximum Gasteiger partial charge on any atom is 0.152 e. The lowest BCUT2D eigenvalue weighted by Gasteiger charge is -2.27. The molecule has 8 heteroatoms. The van der Waals surface area contributed by atoms with Gasteiger partial charge in [0.15, 0.2) is 5.82 Å². The van der Waals surface area contributed by atoms with Gasteiger partial charge in [0.25, 0.3) is 0 Å². The van der Waals surface area contributed by atoms with E-state index in [1.54, 1.807) is 18.0 Å². The minimum Gasteiger partial charge on any atom is -0.387 e. The van der Waals surface area contributed by atoms with E-state index >= 15 is 0 Å². The summed E-state index contributed by atoms with van der Waals surface area (Å²) in [5.74, 6) is 0.825. The number of hydrogen-bond acceptors (Lipinski definition) is 8. The predicted octanol–water partition coefficient (Wildman–Crippen LogP) is 3.00. The zero-order chi connectivity index (χ0) is 21.6. The van der Waals surface area contributed by atoms with E-state index in [0.717, 1.165) is 45.4 Å². The van der Waals surface area contributed by atoms with Gasteiger partial charge in [-0.3, -0.25) is 0 Å². The van der Waals surface area contributed by atoms with Crippen LogP contribution in [0.1, 0.15) is 17.2 Å². The van der Waals surface area contributed by atoms with Crippen molar-refractivity contribution < 1.29 is 9.84 Å². The molecule has 4 rings (SSSR count). The summed E-state index contributed by atoms with van der Waals surface area (Å²) in [6, 6.07) is 17.6. The number of ether oxygens (including phenoxy) is 1. The largest absolute Gasteiger partial charge is 0.387 e. The molecular weight excluding hydrogens is 410 g/mol. The fourth-order valence-electron chi connectivity index (χ4n) is 3.40. The number of nitrogens with two attached hydrogens (primary N) is 1. The Morgan fingerprint density at radius 2 is 1.94 bits per heavy atom. The van der Waals surface area contributed by atoms with Gasteiger partial charge in [-0.1, -0.05) is 42.1 Å². The molecule has 0 aliphatic carbocycles. The topological polar surface area (TPSA) is 108 Å². The lowest BCUT2D eigenvalue weighted by Crippen LogP contribution is -2.36. The van der Waals surface area contributed by atoms with E-state index in [9.17, 15) is 10.4 Å². The molecule has 0 saturated carbocycles. The van der Waals surface area contributed by atoms with Crippen molar-refractivity contribution in [1.82, 2.24) is 10.2 Å². The maximum atomic E-state index is 9.95. The first-order chi connectivity index (χ1) is 15.2. The van der Waals surface area contributed by atoms with E-state index in [2.05, 4.69) is 21.2 Å². The minimum atomic E-state index is -0.676. The van der Waals surface area contributed by atoms with Gasteiger partial charge < -0.3 is 20.5 Å². The van der Waals surface area contributed by atoms with E-state index in [0.29, 0.717) is 18.8 Å². The molecule has 7 nitrogen and oxygen atoms in total. The Balaban J connectivity index is 1.64. The molecule has 0 bridgehead atoms. The molecule has 1 atom stereocenters. The Hall–Kier alpha value is -2.96. The third kappa shape index (κ3) is 5.03. The molecule has 1 aromatic heterocycles. The summed E-state index contributed by atoms with van der Waals surface area (Å²) in [6.45, 7) is 3.13. The van der Waals surface area contributed by atoms with Gasteiger partial charge in [0.2, 0.25) is 0 Å². The summed E-state index contributed by atoms with van der Waals surface area (Å²) in [4.78, 5) is 4.06. The van der Waals surface area contributed by atoms with Crippen molar-refractivity contribution in [1.29, 1.82) is 5.26 Å². The quantitative estimate of drug-likeness (QED) is 0.611. The fourth-order valence-corrected chi connectivity index (χ4v) is 4.40. The third-order valence-electron chi connectivity index (χ3n) is 5.12. The normalized spacial score (nSPS) is 14.8. The SMILES string of the molecule is N#Cc1ccc(-c2ccc(C(O)CN)cc2)c(Sc2cnnc(N3CCOCC3)c2)c1. The molecule has 1 unspecified atom stereocenters. The highest BCUT2D eigenvalue weighted by Gasteiger charge is 2.15. The van der Waals surface area contributed by atoms with E-state index in [1.165, 1.54) is 0 Å². The number of aromatic nitrogens is 2. The molecule has 0 spiro atoms. The Morgan fingerprint density at radius 1 is 1.16 bits per heavy atom. The molecule has 3 N–H and O–H groups in total. The molecule has 2 aromatic carbocycles. The van der Waals surface area contributed by atoms with Crippen LogP contribution in [0, 0.1) is 11.3 Å². The Morgan fingerprint density at radius 3 is 2.65 bits per heavy atom.